The highest BCUT2D eigenvalue weighted by molar-refractivity contribution is 8.79. The van der Waals surface area contributed by atoms with E-state index in [0.717, 1.165) is 10.5 Å². The molecule has 5 heteroatoms. The van der Waals surface area contributed by atoms with Gasteiger partial charge in [0.05, 0.1) is 0 Å². The van der Waals surface area contributed by atoms with Crippen molar-refractivity contribution >= 4 is 56.9 Å². The Morgan fingerprint density at radius 1 is 0.875 bits per heavy atom. The van der Waals surface area contributed by atoms with Crippen LogP contribution in [0.15, 0.2) is 0 Å². The van der Waals surface area contributed by atoms with Crippen LogP contribution >= 0.6 is 56.9 Å². The first-order chi connectivity index (χ1) is 7.95. The zero-order chi connectivity index (χ0) is 11.1. The fourth-order valence-corrected chi connectivity index (χ4v) is 7.00. The molecule has 0 aromatic rings. The molecule has 2 aliphatic heterocycles. The molecular weight excluding hydrogens is 292 g/mol. The third kappa shape index (κ3) is 6.62. The van der Waals surface area contributed by atoms with E-state index < -0.39 is 0 Å². The molecule has 2 fully saturated rings. The van der Waals surface area contributed by atoms with Gasteiger partial charge in [0.2, 0.25) is 0 Å². The Balaban J connectivity index is 1.24. The zero-order valence-electron chi connectivity index (χ0n) is 9.56. The lowest BCUT2D eigenvalue weighted by Crippen LogP contribution is -2.15. The lowest BCUT2D eigenvalue weighted by molar-refractivity contribution is 0.785. The molecular formula is C11H20S5. The Hall–Kier alpha value is 1.75. The summed E-state index contributed by atoms with van der Waals surface area (Å²) in [6, 6.07) is 0. The molecule has 0 N–H and O–H groups in total. The summed E-state index contributed by atoms with van der Waals surface area (Å²) in [5.74, 6) is 8.43. The quantitative estimate of drug-likeness (QED) is 0.330. The molecule has 2 aliphatic rings. The molecule has 0 radical (unpaired) electrons. The second-order valence-electron chi connectivity index (χ2n) is 4.17. The maximum Gasteiger partial charge on any atom is 0.0340 e. The fraction of sp³-hybridized carbons (Fsp3) is 1.00. The lowest BCUT2D eigenvalue weighted by atomic mass is 10.3. The Bertz CT molecular complexity index is 179. The van der Waals surface area contributed by atoms with Crippen LogP contribution < -0.4 is 0 Å². The molecule has 0 saturated carbocycles. The van der Waals surface area contributed by atoms with Crippen LogP contribution in [0, 0.1) is 0 Å². The molecule has 2 rings (SSSR count). The number of hydrogen-bond acceptors (Lipinski definition) is 5. The minimum Gasteiger partial charge on any atom is -0.161 e. The van der Waals surface area contributed by atoms with Crippen molar-refractivity contribution in [3.8, 4) is 0 Å². The predicted octanol–water partition coefficient (Wildman–Crippen LogP) is 4.50. The summed E-state index contributed by atoms with van der Waals surface area (Å²) in [7, 11) is 4.11. The molecule has 0 bridgehead atoms. The Labute approximate surface area is 120 Å². The van der Waals surface area contributed by atoms with E-state index in [1.807, 2.05) is 10.8 Å². The van der Waals surface area contributed by atoms with E-state index in [1.165, 1.54) is 53.8 Å². The first kappa shape index (κ1) is 14.2. The van der Waals surface area contributed by atoms with Gasteiger partial charge in [-0.05, 0) is 24.3 Å². The van der Waals surface area contributed by atoms with E-state index in [-0.39, 0.29) is 0 Å². The highest BCUT2D eigenvalue weighted by Crippen LogP contribution is 2.41. The maximum atomic E-state index is 2.17. The molecule has 2 heterocycles. The van der Waals surface area contributed by atoms with E-state index in [1.54, 1.807) is 0 Å². The zero-order valence-corrected chi connectivity index (χ0v) is 13.6. The number of rotatable bonds is 10. The monoisotopic (exact) mass is 312 g/mol. The summed E-state index contributed by atoms with van der Waals surface area (Å²) in [5.41, 5.74) is 0. The van der Waals surface area contributed by atoms with Crippen molar-refractivity contribution < 1.29 is 0 Å². The number of unbranched alkanes of at least 4 members (excludes halogenated alkanes) is 2. The summed E-state index contributed by atoms with van der Waals surface area (Å²) in [5, 5.41) is 2.00. The fourth-order valence-electron chi connectivity index (χ4n) is 1.42. The van der Waals surface area contributed by atoms with Gasteiger partial charge in [0.25, 0.3) is 0 Å². The van der Waals surface area contributed by atoms with Crippen LogP contribution in [0.25, 0.3) is 0 Å². The van der Waals surface area contributed by atoms with Crippen molar-refractivity contribution in [2.45, 2.75) is 29.8 Å². The van der Waals surface area contributed by atoms with Crippen LogP contribution in [0.5, 0.6) is 0 Å². The van der Waals surface area contributed by atoms with Crippen LogP contribution in [0.3, 0.4) is 0 Å². The van der Waals surface area contributed by atoms with Gasteiger partial charge in [0.1, 0.15) is 0 Å². The van der Waals surface area contributed by atoms with E-state index in [2.05, 4.69) is 46.1 Å². The number of hydrogen-bond donors (Lipinski definition) is 0. The van der Waals surface area contributed by atoms with Gasteiger partial charge in [-0.15, -0.1) is 0 Å². The molecule has 0 spiro atoms. The van der Waals surface area contributed by atoms with Gasteiger partial charge in [0.15, 0.2) is 0 Å². The summed E-state index contributed by atoms with van der Waals surface area (Å²) in [6.07, 6.45) is 4.33. The molecule has 0 nitrogen and oxygen atoms in total. The SMILES string of the molecule is C(CCSCC1CS1)CCSCC1CSS1. The van der Waals surface area contributed by atoms with Crippen LogP contribution in [0.4, 0.5) is 0 Å². The van der Waals surface area contributed by atoms with Gasteiger partial charge in [-0.1, -0.05) is 28.0 Å². The van der Waals surface area contributed by atoms with Gasteiger partial charge in [-0.3, -0.25) is 0 Å². The average Bonchev–Trinajstić information content (AvgIpc) is 3.02. The average molecular weight is 313 g/mol. The molecule has 0 aromatic heterocycles. The Morgan fingerprint density at radius 2 is 1.50 bits per heavy atom. The van der Waals surface area contributed by atoms with Crippen LogP contribution in [0.2, 0.25) is 0 Å². The highest BCUT2D eigenvalue weighted by Gasteiger charge is 2.21. The smallest absolute Gasteiger partial charge is 0.0340 e. The minimum absolute atomic E-state index is 0.974. The van der Waals surface area contributed by atoms with E-state index in [4.69, 9.17) is 0 Å². The molecule has 0 aliphatic carbocycles. The van der Waals surface area contributed by atoms with Crippen molar-refractivity contribution in [3.63, 3.8) is 0 Å². The van der Waals surface area contributed by atoms with E-state index in [0.29, 0.717) is 0 Å². The van der Waals surface area contributed by atoms with Gasteiger partial charge >= 0.3 is 0 Å². The molecule has 0 aromatic carbocycles. The summed E-state index contributed by atoms with van der Waals surface area (Å²) >= 11 is 6.47. The second-order valence-corrected chi connectivity index (χ2v) is 10.5. The maximum absolute atomic E-state index is 2.17. The summed E-state index contributed by atoms with van der Waals surface area (Å²) in [4.78, 5) is 0. The van der Waals surface area contributed by atoms with Crippen LogP contribution in [0.1, 0.15) is 19.3 Å². The van der Waals surface area contributed by atoms with Crippen molar-refractivity contribution in [2.75, 3.05) is 34.5 Å². The minimum atomic E-state index is 0.974. The normalized spacial score (nSPS) is 27.8. The van der Waals surface area contributed by atoms with Crippen LogP contribution in [-0.2, 0) is 0 Å². The second kappa shape index (κ2) is 8.78. The molecule has 16 heavy (non-hydrogen) atoms. The largest absolute Gasteiger partial charge is 0.161 e. The van der Waals surface area contributed by atoms with Crippen molar-refractivity contribution in [1.29, 1.82) is 0 Å². The topological polar surface area (TPSA) is 0 Å². The molecule has 94 valence electrons. The lowest BCUT2D eigenvalue weighted by Gasteiger charge is -2.22. The molecule has 2 atom stereocenters. The molecule has 0 amide bonds. The summed E-state index contributed by atoms with van der Waals surface area (Å²) in [6.45, 7) is 0. The third-order valence-corrected chi connectivity index (χ3v) is 9.49. The first-order valence-electron chi connectivity index (χ1n) is 6.00. The van der Waals surface area contributed by atoms with Crippen molar-refractivity contribution in [2.24, 2.45) is 0 Å². The highest BCUT2D eigenvalue weighted by atomic mass is 33.1. The van der Waals surface area contributed by atoms with Crippen molar-refractivity contribution in [3.05, 3.63) is 0 Å². The first-order valence-corrected chi connectivity index (χ1v) is 11.7. The Morgan fingerprint density at radius 3 is 2.00 bits per heavy atom. The number of thioether (sulfide) groups is 3. The van der Waals surface area contributed by atoms with Crippen LogP contribution in [-0.4, -0.2) is 45.0 Å². The molecule has 2 unspecified atom stereocenters. The Kier molecular flexibility index (Phi) is 7.78. The van der Waals surface area contributed by atoms with E-state index >= 15 is 0 Å². The van der Waals surface area contributed by atoms with E-state index in [9.17, 15) is 0 Å². The third-order valence-electron chi connectivity index (χ3n) is 2.55. The van der Waals surface area contributed by atoms with Gasteiger partial charge < -0.3 is 0 Å². The predicted molar refractivity (Wildman–Crippen MR) is 88.6 cm³/mol. The summed E-state index contributed by atoms with van der Waals surface area (Å²) < 4.78 is 0. The van der Waals surface area contributed by atoms with Gasteiger partial charge in [-0.2, -0.15) is 35.3 Å². The van der Waals surface area contributed by atoms with Gasteiger partial charge in [0, 0.05) is 33.5 Å². The van der Waals surface area contributed by atoms with Crippen molar-refractivity contribution in [1.82, 2.24) is 0 Å². The standard InChI is InChI=1S/C11H20S5/c1(2-4-12-6-10-8-14-10)3-5-13-7-11-9-15-16-11/h10-11H,1-9H2. The molecule has 2 saturated heterocycles. The van der Waals surface area contributed by atoms with Gasteiger partial charge in [-0.25, -0.2) is 0 Å².